The Morgan fingerprint density at radius 1 is 1.27 bits per heavy atom. The van der Waals surface area contributed by atoms with Crippen molar-refractivity contribution in [2.24, 2.45) is 0 Å². The minimum absolute atomic E-state index is 0.134. The van der Waals surface area contributed by atoms with Gasteiger partial charge in [-0.05, 0) is 25.1 Å². The van der Waals surface area contributed by atoms with Gasteiger partial charge in [0.05, 0.1) is 16.6 Å². The summed E-state index contributed by atoms with van der Waals surface area (Å²) in [4.78, 5) is 25.2. The predicted molar refractivity (Wildman–Crippen MR) is 83.3 cm³/mol. The van der Waals surface area contributed by atoms with Gasteiger partial charge in [-0.2, -0.15) is 0 Å². The molecule has 6 nitrogen and oxygen atoms in total. The Hall–Kier alpha value is -2.05. The van der Waals surface area contributed by atoms with E-state index in [4.69, 9.17) is 27.7 Å². The van der Waals surface area contributed by atoms with Crippen LogP contribution in [0, 0.1) is 6.92 Å². The van der Waals surface area contributed by atoms with E-state index in [9.17, 15) is 9.59 Å². The summed E-state index contributed by atoms with van der Waals surface area (Å²) in [5, 5.41) is 6.98. The van der Waals surface area contributed by atoms with Crippen LogP contribution in [-0.4, -0.2) is 35.5 Å². The first-order chi connectivity index (χ1) is 10.4. The molecule has 0 atom stereocenters. The van der Waals surface area contributed by atoms with Crippen LogP contribution in [0.2, 0.25) is 10.0 Å². The summed E-state index contributed by atoms with van der Waals surface area (Å²) in [6.45, 7) is 1.55. The van der Waals surface area contributed by atoms with E-state index in [1.807, 2.05) is 0 Å². The zero-order chi connectivity index (χ0) is 16.3. The fraction of sp³-hybridized carbons (Fsp3) is 0.214. The van der Waals surface area contributed by atoms with Crippen molar-refractivity contribution in [2.45, 2.75) is 6.92 Å². The minimum Gasteiger partial charge on any atom is -0.361 e. The van der Waals surface area contributed by atoms with Crippen molar-refractivity contribution in [3.63, 3.8) is 0 Å². The first-order valence-electron chi connectivity index (χ1n) is 6.30. The highest BCUT2D eigenvalue weighted by Crippen LogP contribution is 2.24. The van der Waals surface area contributed by atoms with Crippen molar-refractivity contribution in [1.29, 1.82) is 0 Å². The summed E-state index contributed by atoms with van der Waals surface area (Å²) in [7, 11) is 1.50. The number of amides is 2. The lowest BCUT2D eigenvalue weighted by Gasteiger charge is -2.15. The maximum Gasteiger partial charge on any atom is 0.276 e. The highest BCUT2D eigenvalue weighted by Gasteiger charge is 2.18. The van der Waals surface area contributed by atoms with Gasteiger partial charge in [0.25, 0.3) is 5.91 Å². The zero-order valence-electron chi connectivity index (χ0n) is 11.9. The topological polar surface area (TPSA) is 75.4 Å². The Morgan fingerprint density at radius 3 is 2.59 bits per heavy atom. The lowest BCUT2D eigenvalue weighted by molar-refractivity contribution is -0.116. The second kappa shape index (κ2) is 6.81. The van der Waals surface area contributed by atoms with Crippen LogP contribution in [0.3, 0.4) is 0 Å². The van der Waals surface area contributed by atoms with Gasteiger partial charge < -0.3 is 14.7 Å². The number of nitrogens with one attached hydrogen (secondary N) is 1. The number of rotatable bonds is 4. The van der Waals surface area contributed by atoms with Crippen LogP contribution in [0.25, 0.3) is 0 Å². The van der Waals surface area contributed by atoms with Gasteiger partial charge in [0, 0.05) is 18.8 Å². The van der Waals surface area contributed by atoms with Crippen molar-refractivity contribution in [1.82, 2.24) is 10.1 Å². The van der Waals surface area contributed by atoms with E-state index in [-0.39, 0.29) is 18.1 Å². The number of hydrogen-bond acceptors (Lipinski definition) is 4. The molecule has 0 aliphatic rings. The average Bonchev–Trinajstić information content (AvgIpc) is 2.88. The van der Waals surface area contributed by atoms with Gasteiger partial charge in [0.15, 0.2) is 5.69 Å². The van der Waals surface area contributed by atoms with E-state index in [2.05, 4.69) is 10.5 Å². The van der Waals surface area contributed by atoms with Crippen LogP contribution in [0.1, 0.15) is 16.2 Å². The predicted octanol–water partition coefficient (Wildman–Crippen LogP) is 3.00. The third-order valence-electron chi connectivity index (χ3n) is 2.78. The molecule has 0 aliphatic carbocycles. The van der Waals surface area contributed by atoms with Crippen LogP contribution >= 0.6 is 23.2 Å². The van der Waals surface area contributed by atoms with Crippen LogP contribution in [0.4, 0.5) is 5.69 Å². The van der Waals surface area contributed by atoms with Gasteiger partial charge >= 0.3 is 0 Å². The van der Waals surface area contributed by atoms with Crippen LogP contribution in [-0.2, 0) is 4.79 Å². The standard InChI is InChI=1S/C14H13Cl2N3O3/c1-8-5-12(18-22-8)14(21)19(2)7-13(20)17-9-3-4-10(15)11(16)6-9/h3-6H,7H2,1-2H3,(H,17,20). The smallest absolute Gasteiger partial charge is 0.276 e. The third-order valence-corrected chi connectivity index (χ3v) is 3.52. The Balaban J connectivity index is 1.96. The molecule has 2 rings (SSSR count). The van der Waals surface area contributed by atoms with E-state index in [1.165, 1.54) is 24.1 Å². The Kier molecular flexibility index (Phi) is 5.05. The fourth-order valence-corrected chi connectivity index (χ4v) is 2.02. The van der Waals surface area contributed by atoms with Crippen molar-refractivity contribution < 1.29 is 14.1 Å². The number of anilines is 1. The molecule has 22 heavy (non-hydrogen) atoms. The highest BCUT2D eigenvalue weighted by atomic mass is 35.5. The average molecular weight is 342 g/mol. The molecule has 1 aromatic carbocycles. The number of nitrogens with zero attached hydrogens (tertiary/aromatic N) is 2. The van der Waals surface area contributed by atoms with Crippen molar-refractivity contribution in [3.8, 4) is 0 Å². The molecule has 0 unspecified atom stereocenters. The Morgan fingerprint density at radius 2 is 2.00 bits per heavy atom. The van der Waals surface area contributed by atoms with E-state index in [1.54, 1.807) is 19.1 Å². The van der Waals surface area contributed by atoms with E-state index in [0.29, 0.717) is 21.5 Å². The zero-order valence-corrected chi connectivity index (χ0v) is 13.4. The molecule has 0 fully saturated rings. The Bertz CT molecular complexity index is 715. The molecule has 1 N–H and O–H groups in total. The van der Waals surface area contributed by atoms with E-state index < -0.39 is 5.91 Å². The Labute approximate surface area is 137 Å². The van der Waals surface area contributed by atoms with E-state index >= 15 is 0 Å². The lowest BCUT2D eigenvalue weighted by Crippen LogP contribution is -2.35. The van der Waals surface area contributed by atoms with E-state index in [0.717, 1.165) is 0 Å². The third kappa shape index (κ3) is 3.99. The minimum atomic E-state index is -0.402. The van der Waals surface area contributed by atoms with Gasteiger partial charge in [-0.25, -0.2) is 0 Å². The molecule has 116 valence electrons. The summed E-state index contributed by atoms with van der Waals surface area (Å²) in [6, 6.07) is 6.24. The molecule has 0 aliphatic heterocycles. The number of halogens is 2. The van der Waals surface area contributed by atoms with Gasteiger partial charge in [0.1, 0.15) is 5.76 Å². The maximum atomic E-state index is 12.0. The summed E-state index contributed by atoms with van der Waals surface area (Å²) < 4.78 is 4.84. The van der Waals surface area contributed by atoms with Gasteiger partial charge in [0.2, 0.25) is 5.91 Å². The number of aryl methyl sites for hydroxylation is 1. The molecule has 0 saturated heterocycles. The molecule has 0 saturated carbocycles. The van der Waals surface area contributed by atoms with Crippen molar-refractivity contribution >= 4 is 40.7 Å². The molecule has 1 heterocycles. The summed E-state index contributed by atoms with van der Waals surface area (Å²) in [5.41, 5.74) is 0.653. The highest BCUT2D eigenvalue weighted by molar-refractivity contribution is 6.42. The number of carbonyl (C=O) groups is 2. The quantitative estimate of drug-likeness (QED) is 0.927. The molecule has 0 spiro atoms. The van der Waals surface area contributed by atoms with Crippen LogP contribution in [0.15, 0.2) is 28.8 Å². The fourth-order valence-electron chi connectivity index (χ4n) is 1.72. The second-order valence-corrected chi connectivity index (χ2v) is 5.48. The molecule has 0 bridgehead atoms. The van der Waals surface area contributed by atoms with Crippen LogP contribution < -0.4 is 5.32 Å². The first-order valence-corrected chi connectivity index (χ1v) is 7.06. The monoisotopic (exact) mass is 341 g/mol. The molecular weight excluding hydrogens is 329 g/mol. The number of benzene rings is 1. The maximum absolute atomic E-state index is 12.0. The summed E-state index contributed by atoms with van der Waals surface area (Å²) in [6.07, 6.45) is 0. The molecule has 2 amide bonds. The lowest BCUT2D eigenvalue weighted by atomic mass is 10.3. The second-order valence-electron chi connectivity index (χ2n) is 4.66. The molecule has 0 radical (unpaired) electrons. The molecule has 2 aromatic rings. The van der Waals surface area contributed by atoms with Gasteiger partial charge in [-0.1, -0.05) is 28.4 Å². The van der Waals surface area contributed by atoms with Crippen molar-refractivity contribution in [3.05, 3.63) is 45.8 Å². The number of aromatic nitrogens is 1. The SMILES string of the molecule is Cc1cc(C(=O)N(C)CC(=O)Nc2ccc(Cl)c(Cl)c2)no1. The van der Waals surface area contributed by atoms with Gasteiger partial charge in [-0.3, -0.25) is 9.59 Å². The normalized spacial score (nSPS) is 10.4. The number of hydrogen-bond donors (Lipinski definition) is 1. The number of likely N-dealkylation sites (N-methyl/N-ethyl adjacent to an activating group) is 1. The van der Waals surface area contributed by atoms with Crippen LogP contribution in [0.5, 0.6) is 0 Å². The van der Waals surface area contributed by atoms with Gasteiger partial charge in [-0.15, -0.1) is 0 Å². The molecule has 8 heteroatoms. The largest absolute Gasteiger partial charge is 0.361 e. The summed E-state index contributed by atoms with van der Waals surface area (Å²) >= 11 is 11.7. The number of carbonyl (C=O) groups excluding carboxylic acids is 2. The molecule has 1 aromatic heterocycles. The first kappa shape index (κ1) is 16.3. The van der Waals surface area contributed by atoms with Crippen molar-refractivity contribution in [2.75, 3.05) is 18.9 Å². The summed E-state index contributed by atoms with van der Waals surface area (Å²) in [5.74, 6) is -0.243. The molecular formula is C14H13Cl2N3O3.